The minimum absolute atomic E-state index is 0.0317. The van der Waals surface area contributed by atoms with Crippen molar-refractivity contribution >= 4 is 23.4 Å². The fourth-order valence-electron chi connectivity index (χ4n) is 6.20. The van der Waals surface area contributed by atoms with Gasteiger partial charge in [-0.15, -0.1) is 11.8 Å². The van der Waals surface area contributed by atoms with Crippen molar-refractivity contribution in [3.8, 4) is 5.75 Å². The van der Waals surface area contributed by atoms with Gasteiger partial charge in [-0.1, -0.05) is 18.2 Å². The highest BCUT2D eigenvalue weighted by atomic mass is 32.2. The molecule has 0 amide bonds. The maximum absolute atomic E-state index is 13.0. The van der Waals surface area contributed by atoms with E-state index in [1.807, 2.05) is 30.9 Å². The van der Waals surface area contributed by atoms with Gasteiger partial charge in [0.05, 0.1) is 23.6 Å². The third-order valence-electron chi connectivity index (χ3n) is 8.41. The smallest absolute Gasteiger partial charge is 0.416 e. The average Bonchev–Trinajstić information content (AvgIpc) is 3.54. The molecule has 2 aromatic rings. The fourth-order valence-corrected chi connectivity index (χ4v) is 7.42. The number of thioether (sulfide) groups is 1. The third kappa shape index (κ3) is 5.85. The molecule has 3 aliphatic rings. The molecule has 3 unspecified atom stereocenters. The maximum atomic E-state index is 13.0. The first kappa shape index (κ1) is 28.0. The van der Waals surface area contributed by atoms with Crippen LogP contribution in [-0.4, -0.2) is 72.9 Å². The van der Waals surface area contributed by atoms with E-state index in [4.69, 9.17) is 9.73 Å². The van der Waals surface area contributed by atoms with Crippen LogP contribution in [0.4, 0.5) is 13.2 Å². The number of halogens is 3. The van der Waals surface area contributed by atoms with E-state index in [-0.39, 0.29) is 16.6 Å². The molecule has 2 fully saturated rings. The van der Waals surface area contributed by atoms with Crippen LogP contribution in [-0.2, 0) is 11.6 Å². The minimum Gasteiger partial charge on any atom is -0.496 e. The first-order valence-corrected chi connectivity index (χ1v) is 14.7. The molecule has 0 bridgehead atoms. The number of methoxy groups -OCH3 is 1. The molecule has 9 heteroatoms. The number of aliphatic imine (C=N–C) groups is 1. The lowest BCUT2D eigenvalue weighted by Crippen LogP contribution is -2.35. The number of nitrogens with zero attached hydrogens (tertiary/aromatic N) is 3. The number of hydrogen-bond donors (Lipinski definition) is 0. The molecular formula is C30H36F3N3O2S. The van der Waals surface area contributed by atoms with Crippen LogP contribution in [0, 0.1) is 5.92 Å². The van der Waals surface area contributed by atoms with Crippen molar-refractivity contribution in [2.45, 2.75) is 49.6 Å². The number of ketones is 1. The predicted octanol–water partition coefficient (Wildman–Crippen LogP) is 6.11. The first-order valence-electron chi connectivity index (χ1n) is 13.6. The number of alkyl halides is 3. The number of piperidine rings is 1. The van der Waals surface area contributed by atoms with Crippen molar-refractivity contribution in [3.05, 3.63) is 64.7 Å². The van der Waals surface area contributed by atoms with E-state index in [1.165, 1.54) is 24.1 Å². The van der Waals surface area contributed by atoms with Crippen molar-refractivity contribution in [3.63, 3.8) is 0 Å². The molecule has 39 heavy (non-hydrogen) atoms. The molecule has 2 aliphatic heterocycles. The zero-order chi connectivity index (χ0) is 27.8. The Bertz CT molecular complexity index is 1230. The summed E-state index contributed by atoms with van der Waals surface area (Å²) < 4.78 is 44.4. The van der Waals surface area contributed by atoms with Crippen LogP contribution >= 0.6 is 11.8 Å². The van der Waals surface area contributed by atoms with Gasteiger partial charge in [-0.2, -0.15) is 13.2 Å². The zero-order valence-corrected chi connectivity index (χ0v) is 23.6. The van der Waals surface area contributed by atoms with Crippen LogP contribution in [0.2, 0.25) is 0 Å². The molecule has 3 atom stereocenters. The molecule has 1 saturated heterocycles. The number of amidine groups is 1. The number of Topliss-reactive ketones (excluding diaryl/α,β-unsaturated/α-hetero) is 1. The van der Waals surface area contributed by atoms with Gasteiger partial charge < -0.3 is 14.5 Å². The molecule has 0 spiro atoms. The zero-order valence-electron chi connectivity index (χ0n) is 22.8. The molecule has 2 heterocycles. The van der Waals surface area contributed by atoms with Gasteiger partial charge in [0, 0.05) is 37.7 Å². The van der Waals surface area contributed by atoms with E-state index >= 15 is 0 Å². The SMILES string of the molecule is COc1ccc(C23CC2CN(CCCSC2CCCN=C(c4ccc(C(F)(F)F)cc4)N2C)C3)cc1C(C)=O. The molecule has 1 saturated carbocycles. The highest BCUT2D eigenvalue weighted by Gasteiger charge is 2.60. The second-order valence-electron chi connectivity index (χ2n) is 11.0. The van der Waals surface area contributed by atoms with E-state index in [2.05, 4.69) is 15.9 Å². The Morgan fingerprint density at radius 1 is 1.21 bits per heavy atom. The standard InChI is InChI=1S/C30H36F3N3O2S/c1-20(37)25-16-23(11-12-26(25)38-3)29-17-24(29)18-36(19-29)14-5-15-39-27-6-4-13-34-28(35(27)2)21-7-9-22(10-8-21)30(31,32)33/h7-12,16,24,27H,4-6,13-15,17-19H2,1-3H3. The van der Waals surface area contributed by atoms with E-state index in [0.29, 0.717) is 23.8 Å². The maximum Gasteiger partial charge on any atom is 0.416 e. The van der Waals surface area contributed by atoms with Gasteiger partial charge in [0.2, 0.25) is 0 Å². The molecule has 5 nitrogen and oxygen atoms in total. The fraction of sp³-hybridized carbons (Fsp3) is 0.533. The lowest BCUT2D eigenvalue weighted by atomic mass is 9.92. The second kappa shape index (κ2) is 11.2. The highest BCUT2D eigenvalue weighted by molar-refractivity contribution is 7.99. The second-order valence-corrected chi connectivity index (χ2v) is 12.3. The summed E-state index contributed by atoms with van der Waals surface area (Å²) in [7, 11) is 3.60. The number of hydrogen-bond acceptors (Lipinski definition) is 6. The Balaban J connectivity index is 1.13. The largest absolute Gasteiger partial charge is 0.496 e. The number of ether oxygens (including phenoxy) is 1. The van der Waals surface area contributed by atoms with Crippen molar-refractivity contribution < 1.29 is 22.7 Å². The number of fused-ring (bicyclic) bond motifs is 1. The van der Waals surface area contributed by atoms with Gasteiger partial charge in [0.25, 0.3) is 0 Å². The average molecular weight is 560 g/mol. The highest BCUT2D eigenvalue weighted by Crippen LogP contribution is 2.59. The van der Waals surface area contributed by atoms with Crippen molar-refractivity contribution in [2.24, 2.45) is 10.9 Å². The van der Waals surface area contributed by atoms with Crippen LogP contribution in [0.15, 0.2) is 47.5 Å². The third-order valence-corrected chi connectivity index (χ3v) is 9.87. The van der Waals surface area contributed by atoms with Crippen molar-refractivity contribution in [1.82, 2.24) is 9.80 Å². The molecule has 5 rings (SSSR count). The summed E-state index contributed by atoms with van der Waals surface area (Å²) in [5.74, 6) is 3.10. The number of likely N-dealkylation sites (tertiary alicyclic amines) is 1. The van der Waals surface area contributed by atoms with E-state index in [9.17, 15) is 18.0 Å². The molecule has 2 aromatic carbocycles. The van der Waals surface area contributed by atoms with Crippen molar-refractivity contribution in [1.29, 1.82) is 0 Å². The first-order chi connectivity index (χ1) is 18.6. The van der Waals surface area contributed by atoms with Gasteiger partial charge >= 0.3 is 6.18 Å². The predicted molar refractivity (Wildman–Crippen MR) is 150 cm³/mol. The van der Waals surface area contributed by atoms with Gasteiger partial charge in [-0.3, -0.25) is 9.79 Å². The lowest BCUT2D eigenvalue weighted by molar-refractivity contribution is -0.137. The number of carbonyl (C=O) groups excluding carboxylic acids is 1. The Kier molecular flexibility index (Phi) is 8.02. The Morgan fingerprint density at radius 3 is 2.67 bits per heavy atom. The van der Waals surface area contributed by atoms with E-state index in [0.717, 1.165) is 68.2 Å². The normalized spacial score (nSPS) is 25.2. The monoisotopic (exact) mass is 559 g/mol. The summed E-state index contributed by atoms with van der Waals surface area (Å²) >= 11 is 1.91. The van der Waals surface area contributed by atoms with Gasteiger partial charge in [-0.05, 0) is 80.7 Å². The van der Waals surface area contributed by atoms with Gasteiger partial charge in [0.15, 0.2) is 5.78 Å². The lowest BCUT2D eigenvalue weighted by Gasteiger charge is -2.29. The van der Waals surface area contributed by atoms with E-state index < -0.39 is 11.7 Å². The van der Waals surface area contributed by atoms with Crippen LogP contribution < -0.4 is 4.74 Å². The summed E-state index contributed by atoms with van der Waals surface area (Å²) in [6.45, 7) is 5.44. The molecular weight excluding hydrogens is 523 g/mol. The topological polar surface area (TPSA) is 45.1 Å². The molecule has 0 aromatic heterocycles. The Hall–Kier alpha value is -2.52. The molecule has 210 valence electrons. The van der Waals surface area contributed by atoms with Gasteiger partial charge in [-0.25, -0.2) is 0 Å². The van der Waals surface area contributed by atoms with Gasteiger partial charge in [0.1, 0.15) is 11.6 Å². The van der Waals surface area contributed by atoms with Crippen molar-refractivity contribution in [2.75, 3.05) is 46.1 Å². The van der Waals surface area contributed by atoms with E-state index in [1.54, 1.807) is 14.0 Å². The number of benzene rings is 2. The summed E-state index contributed by atoms with van der Waals surface area (Å²) in [6, 6.07) is 11.4. The summed E-state index contributed by atoms with van der Waals surface area (Å²) in [5, 5.41) is 0.246. The quantitative estimate of drug-likeness (QED) is 0.274. The molecule has 0 radical (unpaired) electrons. The molecule has 1 aliphatic carbocycles. The van der Waals surface area contributed by atoms with Crippen LogP contribution in [0.1, 0.15) is 59.7 Å². The Morgan fingerprint density at radius 2 is 1.97 bits per heavy atom. The summed E-state index contributed by atoms with van der Waals surface area (Å²) in [6.07, 6.45) is -0.116. The van der Waals surface area contributed by atoms with Crippen LogP contribution in [0.3, 0.4) is 0 Å². The summed E-state index contributed by atoms with van der Waals surface area (Å²) in [5.41, 5.74) is 2.17. The van der Waals surface area contributed by atoms with Crippen LogP contribution in [0.25, 0.3) is 0 Å². The molecule has 0 N–H and O–H groups in total. The Labute approximate surface area is 232 Å². The number of rotatable bonds is 9. The number of carbonyl (C=O) groups is 1. The minimum atomic E-state index is -4.34. The van der Waals surface area contributed by atoms with Crippen LogP contribution in [0.5, 0.6) is 5.75 Å². The summed E-state index contributed by atoms with van der Waals surface area (Å²) in [4.78, 5) is 21.5.